The average Bonchev–Trinajstić information content (AvgIpc) is 3.28. The quantitative estimate of drug-likeness (QED) is 0.682. The van der Waals surface area contributed by atoms with Gasteiger partial charge in [-0.15, -0.1) is 0 Å². The fraction of sp³-hybridized carbons (Fsp3) is 0.176. The van der Waals surface area contributed by atoms with Crippen LogP contribution in [-0.2, 0) is 4.79 Å². The molecule has 0 spiro atoms. The lowest BCUT2D eigenvalue weighted by molar-refractivity contribution is -0.117. The van der Waals surface area contributed by atoms with Gasteiger partial charge in [-0.3, -0.25) is 4.79 Å². The SMILES string of the molecule is N#C/C(=C\c1cccc2ccccc12)C(=O)NC1CC1. The molecule has 2 aromatic rings. The van der Waals surface area contributed by atoms with E-state index >= 15 is 0 Å². The van der Waals surface area contributed by atoms with Crippen LogP contribution in [0.4, 0.5) is 0 Å². The number of fused-ring (bicyclic) bond motifs is 1. The van der Waals surface area contributed by atoms with Gasteiger partial charge < -0.3 is 5.32 Å². The smallest absolute Gasteiger partial charge is 0.262 e. The topological polar surface area (TPSA) is 52.9 Å². The Balaban J connectivity index is 1.99. The number of nitrogens with one attached hydrogen (secondary N) is 1. The van der Waals surface area contributed by atoms with Gasteiger partial charge in [0.15, 0.2) is 0 Å². The summed E-state index contributed by atoms with van der Waals surface area (Å²) in [5.41, 5.74) is 1.05. The molecule has 98 valence electrons. The average molecular weight is 262 g/mol. The van der Waals surface area contributed by atoms with Crippen LogP contribution in [0, 0.1) is 11.3 Å². The Morgan fingerprint density at radius 1 is 1.20 bits per heavy atom. The molecule has 0 unspecified atom stereocenters. The molecule has 1 N–H and O–H groups in total. The number of carbonyl (C=O) groups excluding carboxylic acids is 1. The molecular weight excluding hydrogens is 248 g/mol. The minimum absolute atomic E-state index is 0.160. The zero-order chi connectivity index (χ0) is 13.9. The molecule has 0 atom stereocenters. The second kappa shape index (κ2) is 5.18. The van der Waals surface area contributed by atoms with Gasteiger partial charge in [0, 0.05) is 6.04 Å². The van der Waals surface area contributed by atoms with Crippen LogP contribution < -0.4 is 5.32 Å². The number of benzene rings is 2. The van der Waals surface area contributed by atoms with Gasteiger partial charge >= 0.3 is 0 Å². The molecule has 0 radical (unpaired) electrons. The summed E-state index contributed by atoms with van der Waals surface area (Å²) < 4.78 is 0. The van der Waals surface area contributed by atoms with E-state index in [9.17, 15) is 10.1 Å². The normalized spacial score (nSPS) is 14.8. The summed E-state index contributed by atoms with van der Waals surface area (Å²) in [6, 6.07) is 16.1. The third-order valence-corrected chi connectivity index (χ3v) is 3.40. The van der Waals surface area contributed by atoms with Crippen LogP contribution in [0.25, 0.3) is 16.8 Å². The van der Waals surface area contributed by atoms with Crippen LogP contribution in [0.3, 0.4) is 0 Å². The summed E-state index contributed by atoms with van der Waals surface area (Å²) in [5.74, 6) is -0.275. The third-order valence-electron chi connectivity index (χ3n) is 3.40. The van der Waals surface area contributed by atoms with E-state index in [0.29, 0.717) is 0 Å². The highest BCUT2D eigenvalue weighted by Crippen LogP contribution is 2.22. The fourth-order valence-corrected chi connectivity index (χ4v) is 2.17. The zero-order valence-corrected chi connectivity index (χ0v) is 11.0. The maximum atomic E-state index is 12.0. The molecule has 1 aliphatic rings. The molecule has 1 aliphatic carbocycles. The molecule has 2 aromatic carbocycles. The Morgan fingerprint density at radius 2 is 1.95 bits per heavy atom. The Labute approximate surface area is 117 Å². The molecule has 0 aliphatic heterocycles. The second-order valence-corrected chi connectivity index (χ2v) is 4.99. The van der Waals surface area contributed by atoms with E-state index in [0.717, 1.165) is 29.2 Å². The maximum absolute atomic E-state index is 12.0. The van der Waals surface area contributed by atoms with Crippen molar-refractivity contribution in [1.82, 2.24) is 5.32 Å². The van der Waals surface area contributed by atoms with Crippen molar-refractivity contribution in [1.29, 1.82) is 5.26 Å². The van der Waals surface area contributed by atoms with Crippen LogP contribution in [0.2, 0.25) is 0 Å². The van der Waals surface area contributed by atoms with E-state index in [2.05, 4.69) is 5.32 Å². The molecule has 0 heterocycles. The number of nitriles is 1. The van der Waals surface area contributed by atoms with E-state index in [4.69, 9.17) is 0 Å². The Bertz CT molecular complexity index is 731. The summed E-state index contributed by atoms with van der Waals surface area (Å²) in [6.45, 7) is 0. The van der Waals surface area contributed by atoms with Crippen LogP contribution >= 0.6 is 0 Å². The third kappa shape index (κ3) is 2.55. The van der Waals surface area contributed by atoms with Gasteiger partial charge in [0.1, 0.15) is 11.6 Å². The van der Waals surface area contributed by atoms with Crippen molar-refractivity contribution < 1.29 is 4.79 Å². The summed E-state index contributed by atoms with van der Waals surface area (Å²) in [4.78, 5) is 12.0. The number of hydrogen-bond donors (Lipinski definition) is 1. The first-order chi connectivity index (χ1) is 9.78. The van der Waals surface area contributed by atoms with E-state index in [1.165, 1.54) is 0 Å². The monoisotopic (exact) mass is 262 g/mol. The molecule has 1 amide bonds. The van der Waals surface area contributed by atoms with Gasteiger partial charge in [-0.05, 0) is 35.3 Å². The minimum Gasteiger partial charge on any atom is -0.349 e. The van der Waals surface area contributed by atoms with Crippen molar-refractivity contribution in [3.05, 3.63) is 53.6 Å². The Morgan fingerprint density at radius 3 is 2.70 bits per heavy atom. The number of amides is 1. The highest BCUT2D eigenvalue weighted by Gasteiger charge is 2.24. The van der Waals surface area contributed by atoms with Gasteiger partial charge in [0.05, 0.1) is 0 Å². The molecule has 20 heavy (non-hydrogen) atoms. The largest absolute Gasteiger partial charge is 0.349 e. The van der Waals surface area contributed by atoms with E-state index in [-0.39, 0.29) is 17.5 Å². The summed E-state index contributed by atoms with van der Waals surface area (Å²) in [7, 11) is 0. The van der Waals surface area contributed by atoms with Crippen molar-refractivity contribution in [3.63, 3.8) is 0 Å². The maximum Gasteiger partial charge on any atom is 0.262 e. The van der Waals surface area contributed by atoms with Gasteiger partial charge in [-0.1, -0.05) is 42.5 Å². The molecule has 0 saturated heterocycles. The number of carbonyl (C=O) groups is 1. The molecule has 3 rings (SSSR count). The molecular formula is C17H14N2O. The lowest BCUT2D eigenvalue weighted by atomic mass is 10.0. The van der Waals surface area contributed by atoms with Crippen LogP contribution in [-0.4, -0.2) is 11.9 Å². The minimum atomic E-state index is -0.275. The highest BCUT2D eigenvalue weighted by molar-refractivity contribution is 6.04. The Kier molecular flexibility index (Phi) is 3.22. The Hall–Kier alpha value is -2.60. The van der Waals surface area contributed by atoms with Crippen LogP contribution in [0.5, 0.6) is 0 Å². The molecule has 0 bridgehead atoms. The number of hydrogen-bond acceptors (Lipinski definition) is 2. The predicted molar refractivity (Wildman–Crippen MR) is 78.7 cm³/mol. The molecule has 1 saturated carbocycles. The van der Waals surface area contributed by atoms with Crippen molar-refractivity contribution >= 4 is 22.8 Å². The fourth-order valence-electron chi connectivity index (χ4n) is 2.17. The first-order valence-electron chi connectivity index (χ1n) is 6.68. The molecule has 3 nitrogen and oxygen atoms in total. The van der Waals surface area contributed by atoms with Gasteiger partial charge in [0.2, 0.25) is 0 Å². The van der Waals surface area contributed by atoms with Gasteiger partial charge in [-0.2, -0.15) is 5.26 Å². The van der Waals surface area contributed by atoms with E-state index in [1.807, 2.05) is 48.5 Å². The summed E-state index contributed by atoms with van der Waals surface area (Å²) in [6.07, 6.45) is 3.69. The highest BCUT2D eigenvalue weighted by atomic mass is 16.1. The molecule has 0 aromatic heterocycles. The van der Waals surface area contributed by atoms with Gasteiger partial charge in [0.25, 0.3) is 5.91 Å². The van der Waals surface area contributed by atoms with Crippen molar-refractivity contribution in [2.24, 2.45) is 0 Å². The number of nitrogens with zero attached hydrogens (tertiary/aromatic N) is 1. The first kappa shape index (κ1) is 12.4. The zero-order valence-electron chi connectivity index (χ0n) is 11.0. The lowest BCUT2D eigenvalue weighted by Gasteiger charge is -2.04. The second-order valence-electron chi connectivity index (χ2n) is 4.99. The summed E-state index contributed by atoms with van der Waals surface area (Å²) >= 11 is 0. The van der Waals surface area contributed by atoms with E-state index in [1.54, 1.807) is 6.08 Å². The van der Waals surface area contributed by atoms with Crippen molar-refractivity contribution in [2.75, 3.05) is 0 Å². The predicted octanol–water partition coefficient (Wildman–Crippen LogP) is 3.03. The van der Waals surface area contributed by atoms with E-state index < -0.39 is 0 Å². The van der Waals surface area contributed by atoms with Crippen LogP contribution in [0.1, 0.15) is 18.4 Å². The van der Waals surface area contributed by atoms with Crippen molar-refractivity contribution in [3.8, 4) is 6.07 Å². The summed E-state index contributed by atoms with van der Waals surface area (Å²) in [5, 5.41) is 14.2. The van der Waals surface area contributed by atoms with Crippen molar-refractivity contribution in [2.45, 2.75) is 18.9 Å². The first-order valence-corrected chi connectivity index (χ1v) is 6.68. The standard InChI is InChI=1S/C17H14N2O/c18-11-14(17(20)19-15-8-9-15)10-13-6-3-5-12-4-1-2-7-16(12)13/h1-7,10,15H,8-9H2,(H,19,20)/b14-10+. The number of rotatable bonds is 3. The lowest BCUT2D eigenvalue weighted by Crippen LogP contribution is -2.26. The van der Waals surface area contributed by atoms with Crippen LogP contribution in [0.15, 0.2) is 48.0 Å². The molecule has 3 heteroatoms. The van der Waals surface area contributed by atoms with Gasteiger partial charge in [-0.25, -0.2) is 0 Å². The molecule has 1 fully saturated rings.